The van der Waals surface area contributed by atoms with Gasteiger partial charge in [-0.15, -0.1) is 0 Å². The molecule has 0 aliphatic heterocycles. The zero-order chi connectivity index (χ0) is 23.8. The van der Waals surface area contributed by atoms with Crippen LogP contribution in [0.4, 0.5) is 8.78 Å². The molecule has 0 saturated carbocycles. The number of halogens is 4. The summed E-state index contributed by atoms with van der Waals surface area (Å²) < 4.78 is 72.6. The van der Waals surface area contributed by atoms with Crippen molar-refractivity contribution < 1.29 is 25.6 Å². The fraction of sp³-hybridized carbons (Fsp3) is 0.100. The van der Waals surface area contributed by atoms with Crippen LogP contribution in [0.1, 0.15) is 11.1 Å². The van der Waals surface area contributed by atoms with Gasteiger partial charge in [-0.05, 0) is 61.4 Å². The van der Waals surface area contributed by atoms with Crippen LogP contribution in [0, 0.1) is 25.5 Å². The van der Waals surface area contributed by atoms with Crippen LogP contribution in [-0.4, -0.2) is 26.8 Å². The Morgan fingerprint density at radius 1 is 0.719 bits per heavy atom. The summed E-state index contributed by atoms with van der Waals surface area (Å²) in [5.41, 5.74) is 0.430. The molecule has 32 heavy (non-hydrogen) atoms. The Balaban J connectivity index is 0.000000181. The molecule has 0 fully saturated rings. The van der Waals surface area contributed by atoms with E-state index in [1.165, 1.54) is 62.6 Å². The third-order valence-electron chi connectivity index (χ3n) is 4.48. The van der Waals surface area contributed by atoms with Crippen molar-refractivity contribution in [3.63, 3.8) is 0 Å². The van der Waals surface area contributed by atoms with Gasteiger partial charge < -0.3 is 0 Å². The van der Waals surface area contributed by atoms with Crippen molar-refractivity contribution in [2.75, 3.05) is 0 Å². The second-order valence-corrected chi connectivity index (χ2v) is 11.8. The molecule has 2 aromatic heterocycles. The molecule has 0 bridgehead atoms. The van der Waals surface area contributed by atoms with E-state index in [4.69, 9.17) is 21.4 Å². The predicted molar refractivity (Wildman–Crippen MR) is 119 cm³/mol. The molecule has 2 heterocycles. The largest absolute Gasteiger partial charge is 0.261 e. The van der Waals surface area contributed by atoms with Crippen molar-refractivity contribution >= 4 is 61.3 Å². The second kappa shape index (κ2) is 8.86. The summed E-state index contributed by atoms with van der Waals surface area (Å²) in [6, 6.07) is 8.43. The van der Waals surface area contributed by atoms with Gasteiger partial charge in [0.25, 0.3) is 18.1 Å². The first-order chi connectivity index (χ1) is 14.8. The van der Waals surface area contributed by atoms with Crippen LogP contribution in [0.2, 0.25) is 0 Å². The molecular formula is C20H14Cl2F2N2O4S2. The van der Waals surface area contributed by atoms with E-state index in [1.54, 1.807) is 0 Å². The van der Waals surface area contributed by atoms with Crippen LogP contribution in [-0.2, 0) is 18.1 Å². The smallest absolute Gasteiger partial charge is 0.253 e. The van der Waals surface area contributed by atoms with E-state index in [9.17, 15) is 25.6 Å². The molecule has 0 aliphatic rings. The average molecular weight is 519 g/mol. The molecule has 2 aromatic carbocycles. The Morgan fingerprint density at radius 2 is 1.06 bits per heavy atom. The van der Waals surface area contributed by atoms with Crippen molar-refractivity contribution in [3.05, 3.63) is 71.6 Å². The van der Waals surface area contributed by atoms with Crippen LogP contribution in [0.3, 0.4) is 0 Å². The highest BCUT2D eigenvalue weighted by Gasteiger charge is 2.19. The molecule has 0 atom stereocenters. The first-order valence-electron chi connectivity index (χ1n) is 8.79. The molecule has 0 radical (unpaired) electrons. The topological polar surface area (TPSA) is 94.1 Å². The van der Waals surface area contributed by atoms with Crippen molar-refractivity contribution in [1.29, 1.82) is 0 Å². The zero-order valence-corrected chi connectivity index (χ0v) is 19.6. The quantitative estimate of drug-likeness (QED) is 0.337. The Kier molecular flexibility index (Phi) is 6.71. The number of hydrogen-bond acceptors (Lipinski definition) is 6. The minimum atomic E-state index is -3.90. The van der Waals surface area contributed by atoms with E-state index in [0.717, 1.165) is 0 Å². The van der Waals surface area contributed by atoms with E-state index in [0.29, 0.717) is 0 Å². The Bertz CT molecular complexity index is 1460. The summed E-state index contributed by atoms with van der Waals surface area (Å²) in [6.45, 7) is 2.93. The third kappa shape index (κ3) is 4.83. The van der Waals surface area contributed by atoms with Crippen LogP contribution >= 0.6 is 21.4 Å². The van der Waals surface area contributed by atoms with Crippen LogP contribution in [0.15, 0.2) is 58.6 Å². The fourth-order valence-electron chi connectivity index (χ4n) is 3.01. The van der Waals surface area contributed by atoms with Gasteiger partial charge >= 0.3 is 0 Å². The lowest BCUT2D eigenvalue weighted by molar-refractivity contribution is 0.606. The number of aromatic nitrogens is 2. The zero-order valence-electron chi connectivity index (χ0n) is 16.5. The van der Waals surface area contributed by atoms with Crippen LogP contribution in [0.5, 0.6) is 0 Å². The molecule has 0 saturated heterocycles. The van der Waals surface area contributed by atoms with Crippen molar-refractivity contribution in [2.45, 2.75) is 23.6 Å². The average Bonchev–Trinajstić information content (AvgIpc) is 2.72. The molecule has 0 aliphatic carbocycles. The van der Waals surface area contributed by atoms with E-state index in [2.05, 4.69) is 9.97 Å². The lowest BCUT2D eigenvalue weighted by Gasteiger charge is -2.06. The summed E-state index contributed by atoms with van der Waals surface area (Å²) in [6.07, 6.45) is 2.80. The Labute approximate surface area is 191 Å². The first-order valence-corrected chi connectivity index (χ1v) is 13.4. The number of hydrogen-bond donors (Lipinski definition) is 0. The van der Waals surface area contributed by atoms with Crippen molar-refractivity contribution in [3.8, 4) is 0 Å². The van der Waals surface area contributed by atoms with Crippen molar-refractivity contribution in [2.24, 2.45) is 0 Å². The van der Waals surface area contributed by atoms with Gasteiger partial charge in [0.2, 0.25) is 0 Å². The molecule has 6 nitrogen and oxygen atoms in total. The molecule has 0 N–H and O–H groups in total. The summed E-state index contributed by atoms with van der Waals surface area (Å²) in [7, 11) is 2.76. The number of benzene rings is 2. The fourth-order valence-corrected chi connectivity index (χ4v) is 5.27. The maximum Gasteiger partial charge on any atom is 0.261 e. The minimum absolute atomic E-state index is 0.0155. The number of pyridine rings is 2. The monoisotopic (exact) mass is 518 g/mol. The van der Waals surface area contributed by atoms with Gasteiger partial charge in [-0.3, -0.25) is 9.97 Å². The summed E-state index contributed by atoms with van der Waals surface area (Å²) in [5, 5.41) is 0.390. The third-order valence-corrected chi connectivity index (χ3v) is 7.20. The number of fused-ring (bicyclic) bond motifs is 2. The SMILES string of the molecule is Cc1cc(S(=O)(=O)Cl)c2cccnc2c1F.Cc1cc(S(=O)(=O)Cl)c2cccnc2c1F. The Morgan fingerprint density at radius 3 is 1.38 bits per heavy atom. The lowest BCUT2D eigenvalue weighted by Crippen LogP contribution is -1.97. The van der Waals surface area contributed by atoms with E-state index < -0.39 is 29.7 Å². The van der Waals surface area contributed by atoms with Gasteiger partial charge in [0.1, 0.15) is 11.0 Å². The standard InChI is InChI=1S/2C10H7ClFNO2S/c2*1-6-5-8(16(11,14)15)7-3-2-4-13-10(7)9(6)12/h2*2-5H,1H3. The molecule has 168 valence electrons. The highest BCUT2D eigenvalue weighted by Crippen LogP contribution is 2.29. The summed E-state index contributed by atoms with van der Waals surface area (Å²) >= 11 is 0. The predicted octanol–water partition coefficient (Wildman–Crippen LogP) is 5.22. The molecule has 4 aromatic rings. The van der Waals surface area contributed by atoms with Gasteiger partial charge in [0.05, 0.1) is 9.79 Å². The number of aryl methyl sites for hydroxylation is 2. The Hall–Kier alpha value is -2.40. The maximum absolute atomic E-state index is 13.7. The molecule has 0 amide bonds. The normalized spacial score (nSPS) is 11.9. The number of nitrogens with zero attached hydrogens (tertiary/aromatic N) is 2. The summed E-state index contributed by atoms with van der Waals surface area (Å²) in [4.78, 5) is 7.41. The minimum Gasteiger partial charge on any atom is -0.253 e. The molecular weight excluding hydrogens is 505 g/mol. The summed E-state index contributed by atoms with van der Waals surface area (Å²) in [5.74, 6) is -1.06. The lowest BCUT2D eigenvalue weighted by atomic mass is 10.1. The molecule has 4 rings (SSSR count). The molecule has 12 heteroatoms. The molecule has 0 unspecified atom stereocenters. The van der Waals surface area contributed by atoms with Gasteiger partial charge in [-0.1, -0.05) is 0 Å². The van der Waals surface area contributed by atoms with E-state index in [-0.39, 0.29) is 42.7 Å². The highest BCUT2D eigenvalue weighted by atomic mass is 35.7. The van der Waals surface area contributed by atoms with Gasteiger partial charge in [0.15, 0.2) is 11.6 Å². The van der Waals surface area contributed by atoms with Gasteiger partial charge in [-0.25, -0.2) is 25.6 Å². The van der Waals surface area contributed by atoms with Gasteiger partial charge in [-0.2, -0.15) is 0 Å². The van der Waals surface area contributed by atoms with Crippen LogP contribution in [0.25, 0.3) is 21.8 Å². The van der Waals surface area contributed by atoms with Gasteiger partial charge in [0, 0.05) is 44.5 Å². The van der Waals surface area contributed by atoms with E-state index >= 15 is 0 Å². The highest BCUT2D eigenvalue weighted by molar-refractivity contribution is 8.14. The second-order valence-electron chi connectivity index (χ2n) is 6.69. The molecule has 0 spiro atoms. The maximum atomic E-state index is 13.7. The van der Waals surface area contributed by atoms with Crippen molar-refractivity contribution in [1.82, 2.24) is 9.97 Å². The first kappa shape index (κ1) is 24.2. The van der Waals surface area contributed by atoms with Crippen LogP contribution < -0.4 is 0 Å². The number of rotatable bonds is 2. The van der Waals surface area contributed by atoms with E-state index in [1.807, 2.05) is 0 Å².